The molecule has 0 saturated carbocycles. The molecule has 9 heteroatoms. The lowest BCUT2D eigenvalue weighted by Crippen LogP contribution is -2.33. The average Bonchev–Trinajstić information content (AvgIpc) is 2.84. The van der Waals surface area contributed by atoms with E-state index in [0.717, 1.165) is 5.56 Å². The standard InChI is InChI=1S/C25H22N4O5/c1-16-6-5-7-19(14-16)27-22(30)20-8-3-4-9-21(20)28-23(31)24(32)29-26-15-17-10-12-18(13-11-17)25(33)34-2/h3-15H,1-2H3,(H,27,30)(H,28,31)(H,29,32)/b26-15-. The SMILES string of the molecule is COC(=O)c1ccc(/C=N\NC(=O)C(=O)Nc2ccccc2C(=O)Nc2cccc(C)c2)cc1. The highest BCUT2D eigenvalue weighted by Crippen LogP contribution is 2.18. The summed E-state index contributed by atoms with van der Waals surface area (Å²) >= 11 is 0. The number of para-hydroxylation sites is 1. The molecule has 3 N–H and O–H groups in total. The monoisotopic (exact) mass is 458 g/mol. The van der Waals surface area contributed by atoms with E-state index in [1.54, 1.807) is 42.5 Å². The molecule has 0 saturated heterocycles. The predicted octanol–water partition coefficient (Wildman–Crippen LogP) is 3.12. The second-order valence-corrected chi connectivity index (χ2v) is 7.14. The quantitative estimate of drug-likeness (QED) is 0.226. The number of aryl methyl sites for hydroxylation is 1. The first kappa shape index (κ1) is 23.9. The Morgan fingerprint density at radius 2 is 1.59 bits per heavy atom. The molecule has 0 aliphatic rings. The Morgan fingerprint density at radius 3 is 2.29 bits per heavy atom. The van der Waals surface area contributed by atoms with Crippen molar-refractivity contribution < 1.29 is 23.9 Å². The largest absolute Gasteiger partial charge is 0.465 e. The number of nitrogens with zero attached hydrogens (tertiary/aromatic N) is 1. The summed E-state index contributed by atoms with van der Waals surface area (Å²) in [4.78, 5) is 48.6. The number of carbonyl (C=O) groups is 4. The summed E-state index contributed by atoms with van der Waals surface area (Å²) in [5.74, 6) is -2.91. The van der Waals surface area contributed by atoms with Gasteiger partial charge >= 0.3 is 17.8 Å². The first-order valence-electron chi connectivity index (χ1n) is 10.2. The molecular weight excluding hydrogens is 436 g/mol. The van der Waals surface area contributed by atoms with E-state index in [0.29, 0.717) is 16.8 Å². The van der Waals surface area contributed by atoms with Crippen molar-refractivity contribution >= 4 is 41.3 Å². The molecule has 3 rings (SSSR count). The lowest BCUT2D eigenvalue weighted by atomic mass is 10.1. The minimum atomic E-state index is -1.02. The van der Waals surface area contributed by atoms with Gasteiger partial charge in [-0.1, -0.05) is 36.4 Å². The molecular formula is C25H22N4O5. The summed E-state index contributed by atoms with van der Waals surface area (Å²) in [5.41, 5.74) is 5.04. The molecule has 0 atom stereocenters. The predicted molar refractivity (Wildman–Crippen MR) is 128 cm³/mol. The van der Waals surface area contributed by atoms with Crippen LogP contribution in [0.2, 0.25) is 0 Å². The molecule has 0 unspecified atom stereocenters. The van der Waals surface area contributed by atoms with Gasteiger partial charge in [-0.3, -0.25) is 14.4 Å². The second kappa shape index (κ2) is 11.2. The number of esters is 1. The van der Waals surface area contributed by atoms with E-state index in [1.807, 2.05) is 25.1 Å². The van der Waals surface area contributed by atoms with Gasteiger partial charge in [0.15, 0.2) is 0 Å². The Kier molecular flexibility index (Phi) is 7.85. The van der Waals surface area contributed by atoms with Gasteiger partial charge in [-0.05, 0) is 54.4 Å². The summed E-state index contributed by atoms with van der Waals surface area (Å²) in [5, 5.41) is 8.93. The highest BCUT2D eigenvalue weighted by molar-refractivity contribution is 6.40. The molecule has 3 aromatic carbocycles. The third kappa shape index (κ3) is 6.36. The van der Waals surface area contributed by atoms with E-state index in [2.05, 4.69) is 25.9 Å². The first-order chi connectivity index (χ1) is 16.4. The van der Waals surface area contributed by atoms with Crippen LogP contribution in [0, 0.1) is 6.92 Å². The molecule has 3 aromatic rings. The summed E-state index contributed by atoms with van der Waals surface area (Å²) in [6.45, 7) is 1.91. The fourth-order valence-corrected chi connectivity index (χ4v) is 2.93. The van der Waals surface area contributed by atoms with Crippen LogP contribution in [0.3, 0.4) is 0 Å². The molecule has 9 nitrogen and oxygen atoms in total. The van der Waals surface area contributed by atoms with Crippen molar-refractivity contribution in [3.63, 3.8) is 0 Å². The van der Waals surface area contributed by atoms with Crippen LogP contribution < -0.4 is 16.1 Å². The van der Waals surface area contributed by atoms with Crippen molar-refractivity contribution in [1.29, 1.82) is 0 Å². The fourth-order valence-electron chi connectivity index (χ4n) is 2.93. The number of hydrazone groups is 1. The molecule has 34 heavy (non-hydrogen) atoms. The second-order valence-electron chi connectivity index (χ2n) is 7.14. The summed E-state index contributed by atoms with van der Waals surface area (Å²) in [6, 6.07) is 19.9. The summed E-state index contributed by atoms with van der Waals surface area (Å²) in [6.07, 6.45) is 1.31. The van der Waals surface area contributed by atoms with Crippen LogP contribution >= 0.6 is 0 Å². The van der Waals surface area contributed by atoms with Crippen LogP contribution in [0.5, 0.6) is 0 Å². The van der Waals surface area contributed by atoms with Crippen LogP contribution in [-0.2, 0) is 14.3 Å². The molecule has 0 radical (unpaired) electrons. The normalized spacial score (nSPS) is 10.4. The number of hydrogen-bond acceptors (Lipinski definition) is 6. The van der Waals surface area contributed by atoms with E-state index in [1.165, 1.54) is 25.5 Å². The topological polar surface area (TPSA) is 126 Å². The smallest absolute Gasteiger partial charge is 0.337 e. The molecule has 0 heterocycles. The number of ether oxygens (including phenoxy) is 1. The van der Waals surface area contributed by atoms with Gasteiger partial charge in [-0.2, -0.15) is 5.10 Å². The van der Waals surface area contributed by atoms with Gasteiger partial charge in [0.05, 0.1) is 30.1 Å². The Balaban J connectivity index is 1.61. The zero-order valence-corrected chi connectivity index (χ0v) is 18.5. The summed E-state index contributed by atoms with van der Waals surface area (Å²) in [7, 11) is 1.28. The van der Waals surface area contributed by atoms with Gasteiger partial charge in [0, 0.05) is 5.69 Å². The first-order valence-corrected chi connectivity index (χ1v) is 10.2. The Hall–Kier alpha value is -4.79. The lowest BCUT2D eigenvalue weighted by molar-refractivity contribution is -0.136. The van der Waals surface area contributed by atoms with Crippen LogP contribution in [0.1, 0.15) is 31.8 Å². The van der Waals surface area contributed by atoms with Gasteiger partial charge in [0.2, 0.25) is 0 Å². The molecule has 0 spiro atoms. The van der Waals surface area contributed by atoms with Gasteiger partial charge in [0.1, 0.15) is 0 Å². The number of rotatable bonds is 6. The van der Waals surface area contributed by atoms with Gasteiger partial charge < -0.3 is 15.4 Å². The maximum Gasteiger partial charge on any atom is 0.337 e. The third-order valence-corrected chi connectivity index (χ3v) is 4.61. The zero-order chi connectivity index (χ0) is 24.5. The molecule has 0 aliphatic carbocycles. The van der Waals surface area contributed by atoms with Crippen LogP contribution in [0.4, 0.5) is 11.4 Å². The Morgan fingerprint density at radius 1 is 0.853 bits per heavy atom. The zero-order valence-electron chi connectivity index (χ0n) is 18.5. The number of anilines is 2. The molecule has 172 valence electrons. The van der Waals surface area contributed by atoms with E-state index < -0.39 is 23.7 Å². The third-order valence-electron chi connectivity index (χ3n) is 4.61. The number of hydrogen-bond donors (Lipinski definition) is 3. The van der Waals surface area contributed by atoms with Crippen molar-refractivity contribution in [2.24, 2.45) is 5.10 Å². The average molecular weight is 458 g/mol. The number of methoxy groups -OCH3 is 1. The van der Waals surface area contributed by atoms with Crippen molar-refractivity contribution in [1.82, 2.24) is 5.43 Å². The maximum atomic E-state index is 12.7. The summed E-state index contributed by atoms with van der Waals surface area (Å²) < 4.78 is 4.62. The molecule has 0 aliphatic heterocycles. The van der Waals surface area contributed by atoms with Crippen LogP contribution in [0.15, 0.2) is 77.9 Å². The molecule has 0 fully saturated rings. The lowest BCUT2D eigenvalue weighted by Gasteiger charge is -2.11. The van der Waals surface area contributed by atoms with Gasteiger partial charge in [-0.25, -0.2) is 10.2 Å². The van der Waals surface area contributed by atoms with E-state index in [4.69, 9.17) is 0 Å². The minimum absolute atomic E-state index is 0.176. The number of benzene rings is 3. The number of carbonyl (C=O) groups excluding carboxylic acids is 4. The van der Waals surface area contributed by atoms with Crippen LogP contribution in [-0.4, -0.2) is 37.0 Å². The fraction of sp³-hybridized carbons (Fsp3) is 0.0800. The van der Waals surface area contributed by atoms with Crippen molar-refractivity contribution in [2.75, 3.05) is 17.7 Å². The highest BCUT2D eigenvalue weighted by atomic mass is 16.5. The maximum absolute atomic E-state index is 12.7. The van der Waals surface area contributed by atoms with Crippen molar-refractivity contribution in [2.45, 2.75) is 6.92 Å². The van der Waals surface area contributed by atoms with Crippen LogP contribution in [0.25, 0.3) is 0 Å². The Labute approximate surface area is 195 Å². The molecule has 0 aromatic heterocycles. The molecule has 0 bridgehead atoms. The van der Waals surface area contributed by atoms with E-state index in [-0.39, 0.29) is 11.3 Å². The minimum Gasteiger partial charge on any atom is -0.465 e. The van der Waals surface area contributed by atoms with Crippen molar-refractivity contribution in [3.05, 3.63) is 95.1 Å². The number of nitrogens with one attached hydrogen (secondary N) is 3. The van der Waals surface area contributed by atoms with Gasteiger partial charge in [0.25, 0.3) is 5.91 Å². The highest BCUT2D eigenvalue weighted by Gasteiger charge is 2.17. The van der Waals surface area contributed by atoms with Gasteiger partial charge in [-0.15, -0.1) is 0 Å². The van der Waals surface area contributed by atoms with E-state index >= 15 is 0 Å². The molecule has 3 amide bonds. The number of amides is 3. The van der Waals surface area contributed by atoms with E-state index in [9.17, 15) is 19.2 Å². The van der Waals surface area contributed by atoms with Crippen molar-refractivity contribution in [3.8, 4) is 0 Å². The Bertz CT molecular complexity index is 1250.